The molecule has 0 radical (unpaired) electrons. The van der Waals surface area contributed by atoms with Gasteiger partial charge in [-0.05, 0) is 24.6 Å². The summed E-state index contributed by atoms with van der Waals surface area (Å²) in [4.78, 5) is 11.9. The van der Waals surface area contributed by atoms with Gasteiger partial charge in [-0.25, -0.2) is 8.42 Å². The Bertz CT molecular complexity index is 646. The second-order valence-corrected chi connectivity index (χ2v) is 6.86. The molecule has 1 aliphatic rings. The maximum Gasteiger partial charge on any atom is 0.326 e. The van der Waals surface area contributed by atoms with E-state index in [9.17, 15) is 13.2 Å². The minimum Gasteiger partial charge on any atom is -0.468 e. The number of carbonyl (C=O) groups excluding carboxylic acids is 1. The van der Waals surface area contributed by atoms with E-state index < -0.39 is 22.0 Å². The summed E-state index contributed by atoms with van der Waals surface area (Å²) in [6.07, 6.45) is 0. The first-order chi connectivity index (χ1) is 9.89. The summed E-state index contributed by atoms with van der Waals surface area (Å²) in [7, 11) is -2.64. The van der Waals surface area contributed by atoms with Gasteiger partial charge in [0.2, 0.25) is 10.0 Å². The molecule has 1 aromatic carbocycles. The smallest absolute Gasteiger partial charge is 0.326 e. The van der Waals surface area contributed by atoms with E-state index in [1.165, 1.54) is 13.2 Å². The number of halogens is 1. The summed E-state index contributed by atoms with van der Waals surface area (Å²) < 4.78 is 36.5. The van der Waals surface area contributed by atoms with E-state index in [2.05, 4.69) is 4.74 Å². The van der Waals surface area contributed by atoms with Crippen molar-refractivity contribution in [2.45, 2.75) is 17.9 Å². The Morgan fingerprint density at radius 1 is 1.48 bits per heavy atom. The molecule has 1 fully saturated rings. The number of hydrogen-bond acceptors (Lipinski definition) is 5. The first-order valence-electron chi connectivity index (χ1n) is 6.32. The van der Waals surface area contributed by atoms with Crippen molar-refractivity contribution in [1.82, 2.24) is 4.31 Å². The molecule has 6 nitrogen and oxygen atoms in total. The van der Waals surface area contributed by atoms with Gasteiger partial charge < -0.3 is 9.47 Å². The van der Waals surface area contributed by atoms with E-state index in [1.54, 1.807) is 19.1 Å². The van der Waals surface area contributed by atoms with Crippen molar-refractivity contribution in [2.75, 3.05) is 26.9 Å². The number of benzene rings is 1. The molecule has 0 amide bonds. The van der Waals surface area contributed by atoms with Crippen LogP contribution < -0.4 is 0 Å². The molecule has 116 valence electrons. The van der Waals surface area contributed by atoms with Crippen LogP contribution in [0, 0.1) is 6.92 Å². The number of nitrogens with zero attached hydrogens (tertiary/aromatic N) is 1. The molecular weight excluding hydrogens is 318 g/mol. The van der Waals surface area contributed by atoms with Crippen molar-refractivity contribution in [3.63, 3.8) is 0 Å². The summed E-state index contributed by atoms with van der Waals surface area (Å²) in [6.45, 7) is 1.93. The molecule has 21 heavy (non-hydrogen) atoms. The molecule has 1 unspecified atom stereocenters. The third-order valence-electron chi connectivity index (χ3n) is 3.36. The first kappa shape index (κ1) is 16.2. The van der Waals surface area contributed by atoms with Gasteiger partial charge in [0.05, 0.1) is 25.2 Å². The molecule has 1 atom stereocenters. The average molecular weight is 334 g/mol. The van der Waals surface area contributed by atoms with Crippen LogP contribution in [0.1, 0.15) is 5.56 Å². The van der Waals surface area contributed by atoms with Gasteiger partial charge in [0.25, 0.3) is 0 Å². The normalized spacial score (nSPS) is 20.2. The Labute approximate surface area is 128 Å². The Hall–Kier alpha value is -1.15. The van der Waals surface area contributed by atoms with Crippen molar-refractivity contribution < 1.29 is 22.7 Å². The van der Waals surface area contributed by atoms with E-state index in [4.69, 9.17) is 16.3 Å². The molecule has 0 bridgehead atoms. The van der Waals surface area contributed by atoms with Crippen molar-refractivity contribution in [2.24, 2.45) is 0 Å². The molecule has 1 heterocycles. The molecule has 1 aliphatic heterocycles. The molecule has 0 N–H and O–H groups in total. The lowest BCUT2D eigenvalue weighted by Gasteiger charge is -2.33. The van der Waals surface area contributed by atoms with Gasteiger partial charge >= 0.3 is 5.97 Å². The second kappa shape index (κ2) is 6.31. The topological polar surface area (TPSA) is 72.9 Å². The van der Waals surface area contributed by atoms with Crippen LogP contribution in [0.2, 0.25) is 5.02 Å². The SMILES string of the molecule is COC(=O)C1COCCN1S(=O)(=O)c1cccc(Cl)c1C. The highest BCUT2D eigenvalue weighted by atomic mass is 35.5. The summed E-state index contributed by atoms with van der Waals surface area (Å²) in [5.41, 5.74) is 0.453. The summed E-state index contributed by atoms with van der Waals surface area (Å²) in [6, 6.07) is 3.68. The predicted molar refractivity (Wildman–Crippen MR) is 76.7 cm³/mol. The van der Waals surface area contributed by atoms with Crippen molar-refractivity contribution in [1.29, 1.82) is 0 Å². The number of ether oxygens (including phenoxy) is 2. The molecular formula is C13H16ClNO5S. The van der Waals surface area contributed by atoms with Gasteiger partial charge in [0.15, 0.2) is 0 Å². The number of esters is 1. The lowest BCUT2D eigenvalue weighted by molar-refractivity contribution is -0.149. The van der Waals surface area contributed by atoms with Gasteiger partial charge in [-0.15, -0.1) is 0 Å². The van der Waals surface area contributed by atoms with Crippen LogP contribution in [-0.2, 0) is 24.3 Å². The third kappa shape index (κ3) is 3.06. The molecule has 0 aliphatic carbocycles. The largest absolute Gasteiger partial charge is 0.468 e. The number of sulfonamides is 1. The van der Waals surface area contributed by atoms with E-state index in [1.807, 2.05) is 0 Å². The standard InChI is InChI=1S/C13H16ClNO5S/c1-9-10(14)4-3-5-12(9)21(17,18)15-6-7-20-8-11(15)13(16)19-2/h3-5,11H,6-8H2,1-2H3. The molecule has 1 saturated heterocycles. The average Bonchev–Trinajstić information content (AvgIpc) is 2.49. The third-order valence-corrected chi connectivity index (χ3v) is 5.82. The number of morpholine rings is 1. The number of rotatable bonds is 3. The van der Waals surface area contributed by atoms with Crippen LogP contribution in [0.4, 0.5) is 0 Å². The van der Waals surface area contributed by atoms with Gasteiger partial charge in [-0.3, -0.25) is 4.79 Å². The Morgan fingerprint density at radius 2 is 2.19 bits per heavy atom. The highest BCUT2D eigenvalue weighted by Crippen LogP contribution is 2.27. The fourth-order valence-electron chi connectivity index (χ4n) is 2.19. The number of methoxy groups -OCH3 is 1. The monoisotopic (exact) mass is 333 g/mol. The fraction of sp³-hybridized carbons (Fsp3) is 0.462. The molecule has 0 saturated carbocycles. The molecule has 1 aromatic rings. The van der Waals surface area contributed by atoms with Gasteiger partial charge in [-0.2, -0.15) is 4.31 Å². The number of carbonyl (C=O) groups is 1. The Kier molecular flexibility index (Phi) is 4.88. The highest BCUT2D eigenvalue weighted by molar-refractivity contribution is 7.89. The second-order valence-electron chi connectivity index (χ2n) is 4.59. The Balaban J connectivity index is 2.46. The van der Waals surface area contributed by atoms with Crippen molar-refractivity contribution >= 4 is 27.6 Å². The van der Waals surface area contributed by atoms with Crippen molar-refractivity contribution in [3.8, 4) is 0 Å². The lowest BCUT2D eigenvalue weighted by atomic mass is 10.2. The highest BCUT2D eigenvalue weighted by Gasteiger charge is 2.39. The Morgan fingerprint density at radius 3 is 2.86 bits per heavy atom. The maximum atomic E-state index is 12.8. The van der Waals surface area contributed by atoms with Gasteiger partial charge in [0, 0.05) is 11.6 Å². The number of hydrogen-bond donors (Lipinski definition) is 0. The van der Waals surface area contributed by atoms with E-state index in [-0.39, 0.29) is 24.7 Å². The van der Waals surface area contributed by atoms with E-state index in [0.717, 1.165) is 4.31 Å². The molecule has 8 heteroatoms. The zero-order valence-electron chi connectivity index (χ0n) is 11.7. The van der Waals surface area contributed by atoms with Crippen LogP contribution in [0.3, 0.4) is 0 Å². The van der Waals surface area contributed by atoms with Gasteiger partial charge in [-0.1, -0.05) is 17.7 Å². The maximum absolute atomic E-state index is 12.8. The first-order valence-corrected chi connectivity index (χ1v) is 8.14. The van der Waals surface area contributed by atoms with Crippen LogP contribution in [0.25, 0.3) is 0 Å². The van der Waals surface area contributed by atoms with Crippen LogP contribution >= 0.6 is 11.6 Å². The quantitative estimate of drug-likeness (QED) is 0.777. The van der Waals surface area contributed by atoms with Crippen molar-refractivity contribution in [3.05, 3.63) is 28.8 Å². The lowest BCUT2D eigenvalue weighted by Crippen LogP contribution is -2.52. The van der Waals surface area contributed by atoms with E-state index >= 15 is 0 Å². The summed E-state index contributed by atoms with van der Waals surface area (Å²) in [5, 5.41) is 0.360. The van der Waals surface area contributed by atoms with E-state index in [0.29, 0.717) is 10.6 Å². The van der Waals surface area contributed by atoms with Crippen LogP contribution in [0.5, 0.6) is 0 Å². The van der Waals surface area contributed by atoms with Crippen LogP contribution in [-0.4, -0.2) is 51.6 Å². The molecule has 0 spiro atoms. The minimum atomic E-state index is -3.85. The van der Waals surface area contributed by atoms with Crippen LogP contribution in [0.15, 0.2) is 23.1 Å². The molecule has 2 rings (SSSR count). The fourth-order valence-corrected chi connectivity index (χ4v) is 4.22. The summed E-state index contributed by atoms with van der Waals surface area (Å²) in [5.74, 6) is -0.641. The zero-order chi connectivity index (χ0) is 15.6. The van der Waals surface area contributed by atoms with Gasteiger partial charge in [0.1, 0.15) is 6.04 Å². The summed E-state index contributed by atoms with van der Waals surface area (Å²) >= 11 is 5.99. The minimum absolute atomic E-state index is 0.0223. The zero-order valence-corrected chi connectivity index (χ0v) is 13.3. The molecule has 0 aromatic heterocycles. The predicted octanol–water partition coefficient (Wildman–Crippen LogP) is 1.21.